The summed E-state index contributed by atoms with van der Waals surface area (Å²) in [7, 11) is 1.70. The van der Waals surface area contributed by atoms with E-state index in [0.717, 1.165) is 24.2 Å². The lowest BCUT2D eigenvalue weighted by atomic mass is 9.92. The van der Waals surface area contributed by atoms with Gasteiger partial charge in [0.05, 0.1) is 12.0 Å². The Hall–Kier alpha value is -2.80. The van der Waals surface area contributed by atoms with Gasteiger partial charge in [-0.15, -0.1) is 0 Å². The molecule has 0 bridgehead atoms. The van der Waals surface area contributed by atoms with E-state index in [9.17, 15) is 18.4 Å². The molecule has 0 radical (unpaired) electrons. The molecule has 2 aliphatic heterocycles. The van der Waals surface area contributed by atoms with E-state index in [1.807, 2.05) is 4.90 Å². The third kappa shape index (κ3) is 4.21. The zero-order chi connectivity index (χ0) is 21.3. The molecule has 0 N–H and O–H groups in total. The molecule has 0 aromatic heterocycles. The van der Waals surface area contributed by atoms with E-state index >= 15 is 0 Å². The van der Waals surface area contributed by atoms with Crippen molar-refractivity contribution in [3.8, 4) is 0 Å². The number of halogens is 2. The highest BCUT2D eigenvalue weighted by molar-refractivity contribution is 5.90. The van der Waals surface area contributed by atoms with Crippen LogP contribution in [0.5, 0.6) is 0 Å². The summed E-state index contributed by atoms with van der Waals surface area (Å²) >= 11 is 0. The lowest BCUT2D eigenvalue weighted by molar-refractivity contribution is -0.138. The topological polar surface area (TPSA) is 43.9 Å². The Bertz CT molecular complexity index is 909. The Morgan fingerprint density at radius 1 is 0.933 bits per heavy atom. The van der Waals surface area contributed by atoms with Crippen molar-refractivity contribution in [3.63, 3.8) is 0 Å². The van der Waals surface area contributed by atoms with Crippen molar-refractivity contribution in [1.82, 2.24) is 14.7 Å². The molecule has 2 atom stereocenters. The van der Waals surface area contributed by atoms with E-state index in [4.69, 9.17) is 0 Å². The number of amides is 2. The Balaban J connectivity index is 1.40. The number of hydrogen-bond acceptors (Lipinski definition) is 3. The number of carbonyl (C=O) groups is 2. The van der Waals surface area contributed by atoms with Crippen molar-refractivity contribution < 1.29 is 18.4 Å². The molecule has 30 heavy (non-hydrogen) atoms. The minimum absolute atomic E-state index is 0.0246. The first kappa shape index (κ1) is 20.5. The third-order valence-corrected chi connectivity index (χ3v) is 6.12. The van der Waals surface area contributed by atoms with Crippen LogP contribution in [0.2, 0.25) is 0 Å². The molecule has 158 valence electrons. The van der Waals surface area contributed by atoms with Gasteiger partial charge in [0.15, 0.2) is 0 Å². The number of benzene rings is 2. The smallest absolute Gasteiger partial charge is 0.228 e. The fourth-order valence-corrected chi connectivity index (χ4v) is 4.42. The van der Waals surface area contributed by atoms with Gasteiger partial charge in [0.1, 0.15) is 11.6 Å². The van der Waals surface area contributed by atoms with Crippen LogP contribution < -0.4 is 0 Å². The SMILES string of the molecule is CN1C(=O)C[C@@H](C(=O)N2CCN(Cc3ccc(F)cc3)CC2)[C@H]1c1ccc(F)cc1. The zero-order valence-corrected chi connectivity index (χ0v) is 16.9. The van der Waals surface area contributed by atoms with Gasteiger partial charge in [0.25, 0.3) is 0 Å². The average molecular weight is 413 g/mol. The fraction of sp³-hybridized carbons (Fsp3) is 0.391. The summed E-state index contributed by atoms with van der Waals surface area (Å²) in [6.07, 6.45) is 0.174. The van der Waals surface area contributed by atoms with Gasteiger partial charge in [-0.25, -0.2) is 8.78 Å². The van der Waals surface area contributed by atoms with Crippen LogP contribution in [-0.4, -0.2) is 59.7 Å². The van der Waals surface area contributed by atoms with Gasteiger partial charge in [0.2, 0.25) is 11.8 Å². The highest BCUT2D eigenvalue weighted by Gasteiger charge is 2.44. The molecule has 2 aromatic carbocycles. The minimum Gasteiger partial charge on any atom is -0.340 e. The second kappa shape index (κ2) is 8.52. The van der Waals surface area contributed by atoms with Crippen LogP contribution in [0.1, 0.15) is 23.6 Å². The van der Waals surface area contributed by atoms with Crippen molar-refractivity contribution >= 4 is 11.8 Å². The standard InChI is InChI=1S/C23H25F2N3O2/c1-26-21(29)14-20(22(26)17-4-8-19(25)9-5-17)23(30)28-12-10-27(11-13-28)15-16-2-6-18(24)7-3-16/h2-9,20,22H,10-15H2,1H3/t20-,22-/m1/s1. The second-order valence-electron chi connectivity index (χ2n) is 8.04. The normalized spacial score (nSPS) is 22.6. The largest absolute Gasteiger partial charge is 0.340 e. The molecule has 5 nitrogen and oxygen atoms in total. The van der Waals surface area contributed by atoms with Crippen molar-refractivity contribution in [2.24, 2.45) is 5.92 Å². The van der Waals surface area contributed by atoms with Crippen LogP contribution in [0.4, 0.5) is 8.78 Å². The van der Waals surface area contributed by atoms with Crippen molar-refractivity contribution in [1.29, 1.82) is 0 Å². The molecule has 0 saturated carbocycles. The van der Waals surface area contributed by atoms with Gasteiger partial charge in [0, 0.05) is 46.2 Å². The van der Waals surface area contributed by atoms with E-state index < -0.39 is 5.92 Å². The molecule has 2 aliphatic rings. The highest BCUT2D eigenvalue weighted by atomic mass is 19.1. The first-order chi connectivity index (χ1) is 14.4. The van der Waals surface area contributed by atoms with Gasteiger partial charge >= 0.3 is 0 Å². The van der Waals surface area contributed by atoms with E-state index in [1.165, 1.54) is 24.3 Å². The van der Waals surface area contributed by atoms with Crippen LogP contribution in [0.25, 0.3) is 0 Å². The molecule has 7 heteroatoms. The summed E-state index contributed by atoms with van der Waals surface area (Å²) in [5.74, 6) is -1.15. The number of rotatable bonds is 4. The summed E-state index contributed by atoms with van der Waals surface area (Å²) in [6, 6.07) is 12.1. The highest BCUT2D eigenvalue weighted by Crippen LogP contribution is 2.38. The van der Waals surface area contributed by atoms with Crippen LogP contribution in [0.3, 0.4) is 0 Å². The minimum atomic E-state index is -0.461. The lowest BCUT2D eigenvalue weighted by Crippen LogP contribution is -2.50. The summed E-state index contributed by atoms with van der Waals surface area (Å²) in [4.78, 5) is 31.3. The summed E-state index contributed by atoms with van der Waals surface area (Å²) in [6.45, 7) is 3.34. The molecular formula is C23H25F2N3O2. The number of carbonyl (C=O) groups excluding carboxylic acids is 2. The molecule has 2 aromatic rings. The molecule has 0 aliphatic carbocycles. The lowest BCUT2D eigenvalue weighted by Gasteiger charge is -2.37. The van der Waals surface area contributed by atoms with Crippen molar-refractivity contribution in [2.45, 2.75) is 19.0 Å². The molecule has 4 rings (SSSR count). The maximum Gasteiger partial charge on any atom is 0.228 e. The summed E-state index contributed by atoms with van der Waals surface area (Å²) < 4.78 is 26.4. The maximum atomic E-state index is 13.3. The Morgan fingerprint density at radius 2 is 1.50 bits per heavy atom. The molecule has 2 fully saturated rings. The van der Waals surface area contributed by atoms with Gasteiger partial charge in [-0.05, 0) is 35.4 Å². The second-order valence-corrected chi connectivity index (χ2v) is 8.04. The van der Waals surface area contributed by atoms with E-state index in [0.29, 0.717) is 19.6 Å². The van der Waals surface area contributed by atoms with Gasteiger partial charge in [-0.2, -0.15) is 0 Å². The first-order valence-electron chi connectivity index (χ1n) is 10.2. The van der Waals surface area contributed by atoms with Crippen LogP contribution in [-0.2, 0) is 16.1 Å². The molecule has 0 unspecified atom stereocenters. The van der Waals surface area contributed by atoms with Crippen molar-refractivity contribution in [2.75, 3.05) is 33.2 Å². The zero-order valence-electron chi connectivity index (χ0n) is 16.9. The number of nitrogens with zero attached hydrogens (tertiary/aromatic N) is 3. The van der Waals surface area contributed by atoms with Crippen LogP contribution >= 0.6 is 0 Å². The quantitative estimate of drug-likeness (QED) is 0.774. The molecule has 2 saturated heterocycles. The third-order valence-electron chi connectivity index (χ3n) is 6.12. The Labute approximate surface area is 174 Å². The van der Waals surface area contributed by atoms with E-state index in [1.54, 1.807) is 36.2 Å². The van der Waals surface area contributed by atoms with Gasteiger partial charge < -0.3 is 9.80 Å². The van der Waals surface area contributed by atoms with Gasteiger partial charge in [-0.3, -0.25) is 14.5 Å². The van der Waals surface area contributed by atoms with E-state index in [2.05, 4.69) is 4.90 Å². The predicted octanol–water partition coefficient (Wildman–Crippen LogP) is 2.83. The number of likely N-dealkylation sites (tertiary alicyclic amines) is 1. The molecule has 2 heterocycles. The van der Waals surface area contributed by atoms with Crippen LogP contribution in [0, 0.1) is 17.6 Å². The van der Waals surface area contributed by atoms with Crippen molar-refractivity contribution in [3.05, 3.63) is 71.3 Å². The van der Waals surface area contributed by atoms with Gasteiger partial charge in [-0.1, -0.05) is 24.3 Å². The average Bonchev–Trinajstić information content (AvgIpc) is 3.05. The summed E-state index contributed by atoms with van der Waals surface area (Å²) in [5.41, 5.74) is 1.81. The first-order valence-corrected chi connectivity index (χ1v) is 10.2. The Morgan fingerprint density at radius 3 is 2.10 bits per heavy atom. The fourth-order valence-electron chi connectivity index (χ4n) is 4.42. The number of hydrogen-bond donors (Lipinski definition) is 0. The Kier molecular flexibility index (Phi) is 5.81. The monoisotopic (exact) mass is 413 g/mol. The molecule has 0 spiro atoms. The molecule has 2 amide bonds. The maximum absolute atomic E-state index is 13.3. The van der Waals surface area contributed by atoms with E-state index in [-0.39, 0.29) is 35.9 Å². The number of piperazine rings is 1. The predicted molar refractivity (Wildman–Crippen MR) is 108 cm³/mol. The van der Waals surface area contributed by atoms with Crippen LogP contribution in [0.15, 0.2) is 48.5 Å². The molecular weight excluding hydrogens is 388 g/mol. The summed E-state index contributed by atoms with van der Waals surface area (Å²) in [5, 5.41) is 0.